The Morgan fingerprint density at radius 2 is 2.20 bits per heavy atom. The third-order valence-electron chi connectivity index (χ3n) is 3.90. The van der Waals surface area contributed by atoms with Gasteiger partial charge in [0.25, 0.3) is 0 Å². The summed E-state index contributed by atoms with van der Waals surface area (Å²) in [5.41, 5.74) is 2.28. The number of carbonyl (C=O) groups excluding carboxylic acids is 1. The van der Waals surface area contributed by atoms with Crippen LogP contribution in [0.1, 0.15) is 35.2 Å². The van der Waals surface area contributed by atoms with Crippen LogP contribution in [0, 0.1) is 5.92 Å². The lowest BCUT2D eigenvalue weighted by Gasteiger charge is -2.25. The van der Waals surface area contributed by atoms with Gasteiger partial charge in [0, 0.05) is 11.0 Å². The summed E-state index contributed by atoms with van der Waals surface area (Å²) in [5, 5.41) is 0. The smallest absolute Gasteiger partial charge is 0.150 e. The molecule has 2 bridgehead atoms. The summed E-state index contributed by atoms with van der Waals surface area (Å²) in [5.74, 6) is 0.754. The van der Waals surface area contributed by atoms with Crippen molar-refractivity contribution >= 4 is 6.29 Å². The molecule has 0 aromatic heterocycles. The van der Waals surface area contributed by atoms with Crippen molar-refractivity contribution < 1.29 is 4.79 Å². The van der Waals surface area contributed by atoms with Crippen molar-refractivity contribution in [1.29, 1.82) is 0 Å². The van der Waals surface area contributed by atoms with Crippen LogP contribution >= 0.6 is 0 Å². The van der Waals surface area contributed by atoms with Crippen LogP contribution in [0.5, 0.6) is 0 Å². The van der Waals surface area contributed by atoms with E-state index in [4.69, 9.17) is 0 Å². The molecule has 2 aliphatic carbocycles. The lowest BCUT2D eigenvalue weighted by molar-refractivity contribution is 0.112. The van der Waals surface area contributed by atoms with Crippen LogP contribution in [-0.4, -0.2) is 6.29 Å². The first kappa shape index (κ1) is 8.90. The molecule has 0 spiro atoms. The van der Waals surface area contributed by atoms with Gasteiger partial charge >= 0.3 is 0 Å². The van der Waals surface area contributed by atoms with Crippen molar-refractivity contribution in [3.05, 3.63) is 47.5 Å². The van der Waals surface area contributed by atoms with Crippen molar-refractivity contribution in [2.24, 2.45) is 5.92 Å². The maximum atomic E-state index is 11.0. The largest absolute Gasteiger partial charge is 0.298 e. The molecule has 0 amide bonds. The molecule has 0 heterocycles. The van der Waals surface area contributed by atoms with E-state index in [0.717, 1.165) is 17.8 Å². The highest BCUT2D eigenvalue weighted by Crippen LogP contribution is 2.51. The van der Waals surface area contributed by atoms with Crippen LogP contribution in [0.3, 0.4) is 0 Å². The number of fused-ring (bicyclic) bond motifs is 2. The molecule has 0 saturated heterocycles. The van der Waals surface area contributed by atoms with Crippen molar-refractivity contribution in [1.82, 2.24) is 0 Å². The number of benzene rings is 1. The van der Waals surface area contributed by atoms with Crippen LogP contribution in [0.2, 0.25) is 0 Å². The first-order valence-electron chi connectivity index (χ1n) is 5.58. The maximum Gasteiger partial charge on any atom is 0.150 e. The third kappa shape index (κ3) is 1.19. The highest BCUT2D eigenvalue weighted by atomic mass is 16.1. The average Bonchev–Trinajstić information content (AvgIpc) is 2.90. The molecule has 0 radical (unpaired) electrons. The first-order chi connectivity index (χ1) is 7.34. The minimum atomic E-state index is 0.183. The van der Waals surface area contributed by atoms with E-state index in [1.54, 1.807) is 0 Å². The number of allylic oxidation sites excluding steroid dienone is 2. The predicted molar refractivity (Wildman–Crippen MR) is 60.0 cm³/mol. The van der Waals surface area contributed by atoms with E-state index in [1.165, 1.54) is 24.8 Å². The van der Waals surface area contributed by atoms with Gasteiger partial charge in [0.1, 0.15) is 6.29 Å². The standard InChI is InChI=1S/C14H14O/c15-10-12-3-1-2-4-13(12)14-7-5-11(9-14)6-8-14/h1-5,7,10-11H,6,8-9H2. The molecule has 1 saturated carbocycles. The zero-order valence-corrected chi connectivity index (χ0v) is 8.65. The molecule has 76 valence electrons. The molecule has 3 rings (SSSR count). The van der Waals surface area contributed by atoms with Gasteiger partial charge in [0.15, 0.2) is 0 Å². The summed E-state index contributed by atoms with van der Waals surface area (Å²) in [6, 6.07) is 8.02. The second-order valence-electron chi connectivity index (χ2n) is 4.72. The number of hydrogen-bond acceptors (Lipinski definition) is 1. The van der Waals surface area contributed by atoms with E-state index < -0.39 is 0 Å². The van der Waals surface area contributed by atoms with Gasteiger partial charge in [-0.2, -0.15) is 0 Å². The van der Waals surface area contributed by atoms with Crippen LogP contribution in [0.4, 0.5) is 0 Å². The Bertz CT molecular complexity index is 433. The number of hydrogen-bond donors (Lipinski definition) is 0. The van der Waals surface area contributed by atoms with Crippen molar-refractivity contribution in [2.45, 2.75) is 24.7 Å². The monoisotopic (exact) mass is 198 g/mol. The molecule has 1 aromatic carbocycles. The highest BCUT2D eigenvalue weighted by molar-refractivity contribution is 5.78. The van der Waals surface area contributed by atoms with Crippen LogP contribution in [0.25, 0.3) is 0 Å². The normalized spacial score (nSPS) is 32.1. The second-order valence-corrected chi connectivity index (χ2v) is 4.72. The fraction of sp³-hybridized carbons (Fsp3) is 0.357. The fourth-order valence-corrected chi connectivity index (χ4v) is 3.14. The average molecular weight is 198 g/mol. The van der Waals surface area contributed by atoms with E-state index in [-0.39, 0.29) is 5.41 Å². The minimum Gasteiger partial charge on any atom is -0.298 e. The molecule has 0 aliphatic heterocycles. The Hall–Kier alpha value is -1.37. The van der Waals surface area contributed by atoms with Crippen molar-refractivity contribution in [3.63, 3.8) is 0 Å². The van der Waals surface area contributed by atoms with Gasteiger partial charge in [-0.15, -0.1) is 0 Å². The van der Waals surface area contributed by atoms with Crippen molar-refractivity contribution in [3.8, 4) is 0 Å². The summed E-state index contributed by atoms with van der Waals surface area (Å²) in [6.45, 7) is 0. The van der Waals surface area contributed by atoms with Gasteiger partial charge in [-0.05, 0) is 30.7 Å². The van der Waals surface area contributed by atoms with Gasteiger partial charge in [-0.25, -0.2) is 0 Å². The molecule has 2 unspecified atom stereocenters. The van der Waals surface area contributed by atoms with E-state index in [2.05, 4.69) is 18.2 Å². The zero-order valence-electron chi connectivity index (χ0n) is 8.65. The van der Waals surface area contributed by atoms with Gasteiger partial charge < -0.3 is 0 Å². The quantitative estimate of drug-likeness (QED) is 0.527. The maximum absolute atomic E-state index is 11.0. The van der Waals surface area contributed by atoms with E-state index in [9.17, 15) is 4.79 Å². The molecule has 2 atom stereocenters. The minimum absolute atomic E-state index is 0.183. The highest BCUT2D eigenvalue weighted by Gasteiger charge is 2.42. The summed E-state index contributed by atoms with van der Waals surface area (Å²) >= 11 is 0. The van der Waals surface area contributed by atoms with Gasteiger partial charge in [0.2, 0.25) is 0 Å². The SMILES string of the molecule is O=Cc1ccccc1C12C=CC(CC1)C2. The molecule has 0 N–H and O–H groups in total. The summed E-state index contributed by atoms with van der Waals surface area (Å²) in [7, 11) is 0. The predicted octanol–water partition coefficient (Wildman–Crippen LogP) is 3.11. The summed E-state index contributed by atoms with van der Waals surface area (Å²) in [6.07, 6.45) is 9.33. The van der Waals surface area contributed by atoms with Gasteiger partial charge in [-0.1, -0.05) is 36.4 Å². The molecule has 15 heavy (non-hydrogen) atoms. The Morgan fingerprint density at radius 3 is 2.80 bits per heavy atom. The second kappa shape index (κ2) is 3.06. The molecular formula is C14H14O. The Balaban J connectivity index is 2.13. The molecule has 1 fully saturated rings. The fourth-order valence-electron chi connectivity index (χ4n) is 3.14. The van der Waals surface area contributed by atoms with Crippen molar-refractivity contribution in [2.75, 3.05) is 0 Å². The van der Waals surface area contributed by atoms with E-state index in [0.29, 0.717) is 0 Å². The Morgan fingerprint density at radius 1 is 1.33 bits per heavy atom. The first-order valence-corrected chi connectivity index (χ1v) is 5.58. The summed E-state index contributed by atoms with van der Waals surface area (Å²) < 4.78 is 0. The number of carbonyl (C=O) groups is 1. The lowest BCUT2D eigenvalue weighted by Crippen LogP contribution is -2.19. The van der Waals surface area contributed by atoms with Crippen LogP contribution in [0.15, 0.2) is 36.4 Å². The Kier molecular flexibility index (Phi) is 1.82. The molecule has 1 heteroatoms. The zero-order chi connectivity index (χ0) is 10.3. The van der Waals surface area contributed by atoms with Crippen LogP contribution < -0.4 is 0 Å². The van der Waals surface area contributed by atoms with E-state index >= 15 is 0 Å². The number of aldehydes is 1. The topological polar surface area (TPSA) is 17.1 Å². The van der Waals surface area contributed by atoms with Crippen LogP contribution in [-0.2, 0) is 5.41 Å². The molecule has 1 nitrogen and oxygen atoms in total. The third-order valence-corrected chi connectivity index (χ3v) is 3.90. The molecular weight excluding hydrogens is 184 g/mol. The molecule has 2 aliphatic rings. The lowest BCUT2D eigenvalue weighted by atomic mass is 9.78. The Labute approximate surface area is 89.8 Å². The molecule has 1 aromatic rings. The van der Waals surface area contributed by atoms with Gasteiger partial charge in [0.05, 0.1) is 0 Å². The number of rotatable bonds is 2. The summed E-state index contributed by atoms with van der Waals surface area (Å²) in [4.78, 5) is 11.0. The van der Waals surface area contributed by atoms with Gasteiger partial charge in [-0.3, -0.25) is 4.79 Å². The van der Waals surface area contributed by atoms with E-state index in [1.807, 2.05) is 18.2 Å².